The number of carbonyl (C=O) groups is 2. The Balaban J connectivity index is 2.09. The Morgan fingerprint density at radius 1 is 1.44 bits per heavy atom. The lowest BCUT2D eigenvalue weighted by atomic mass is 10.1. The van der Waals surface area contributed by atoms with Crippen molar-refractivity contribution in [1.29, 1.82) is 0 Å². The van der Waals surface area contributed by atoms with Crippen molar-refractivity contribution >= 4 is 23.2 Å². The van der Waals surface area contributed by atoms with Gasteiger partial charge in [0.05, 0.1) is 0 Å². The number of nitrogens with zero attached hydrogens (tertiary/aromatic N) is 1. The lowest BCUT2D eigenvalue weighted by molar-refractivity contribution is -0.121. The SMILES string of the molecule is Cc1cc(O)ccc1NC(=O)C1=NNC(=O)CC1. The molecule has 0 fully saturated rings. The number of carbonyl (C=O) groups excluding carboxylic acids is 2. The predicted octanol–water partition coefficient (Wildman–Crippen LogP) is 0.905. The van der Waals surface area contributed by atoms with E-state index in [1.807, 2.05) is 0 Å². The molecule has 1 aliphatic heterocycles. The maximum absolute atomic E-state index is 11.9. The molecule has 0 unspecified atom stereocenters. The zero-order valence-electron chi connectivity index (χ0n) is 9.86. The molecule has 1 heterocycles. The van der Waals surface area contributed by atoms with Crippen LogP contribution in [-0.4, -0.2) is 22.6 Å². The highest BCUT2D eigenvalue weighted by atomic mass is 16.3. The van der Waals surface area contributed by atoms with E-state index in [-0.39, 0.29) is 24.0 Å². The third kappa shape index (κ3) is 2.65. The van der Waals surface area contributed by atoms with Crippen LogP contribution in [0.4, 0.5) is 5.69 Å². The zero-order chi connectivity index (χ0) is 13.1. The van der Waals surface area contributed by atoms with E-state index >= 15 is 0 Å². The van der Waals surface area contributed by atoms with Gasteiger partial charge in [-0.15, -0.1) is 0 Å². The molecule has 3 N–H and O–H groups in total. The minimum atomic E-state index is -0.344. The van der Waals surface area contributed by atoms with Gasteiger partial charge >= 0.3 is 0 Å². The van der Waals surface area contributed by atoms with E-state index in [1.54, 1.807) is 19.1 Å². The topological polar surface area (TPSA) is 90.8 Å². The van der Waals surface area contributed by atoms with Gasteiger partial charge < -0.3 is 10.4 Å². The van der Waals surface area contributed by atoms with Crippen LogP contribution in [0.25, 0.3) is 0 Å². The number of phenols is 1. The quantitative estimate of drug-likeness (QED) is 0.678. The minimum Gasteiger partial charge on any atom is -0.508 e. The molecule has 0 radical (unpaired) electrons. The number of amides is 2. The summed E-state index contributed by atoms with van der Waals surface area (Å²) in [5.41, 5.74) is 3.93. The van der Waals surface area contributed by atoms with Gasteiger partial charge in [0.25, 0.3) is 5.91 Å². The van der Waals surface area contributed by atoms with Gasteiger partial charge in [-0.3, -0.25) is 9.59 Å². The monoisotopic (exact) mass is 247 g/mol. The van der Waals surface area contributed by atoms with Crippen molar-refractivity contribution < 1.29 is 14.7 Å². The van der Waals surface area contributed by atoms with Crippen LogP contribution in [0.2, 0.25) is 0 Å². The number of benzene rings is 1. The van der Waals surface area contributed by atoms with Crippen LogP contribution in [0.15, 0.2) is 23.3 Å². The van der Waals surface area contributed by atoms with Crippen LogP contribution in [0, 0.1) is 6.92 Å². The summed E-state index contributed by atoms with van der Waals surface area (Å²) in [6.07, 6.45) is 0.593. The van der Waals surface area contributed by atoms with E-state index in [0.717, 1.165) is 5.56 Å². The molecule has 94 valence electrons. The van der Waals surface area contributed by atoms with Crippen molar-refractivity contribution in [3.05, 3.63) is 23.8 Å². The van der Waals surface area contributed by atoms with E-state index in [9.17, 15) is 14.7 Å². The Labute approximate surface area is 104 Å². The fourth-order valence-corrected chi connectivity index (χ4v) is 1.62. The normalized spacial score (nSPS) is 14.7. The Hall–Kier alpha value is -2.37. The minimum absolute atomic E-state index is 0.146. The summed E-state index contributed by atoms with van der Waals surface area (Å²) in [5.74, 6) is -0.385. The zero-order valence-corrected chi connectivity index (χ0v) is 9.86. The molecular formula is C12H13N3O3. The molecule has 0 aliphatic carbocycles. The van der Waals surface area contributed by atoms with Crippen molar-refractivity contribution in [3.8, 4) is 5.75 Å². The Bertz CT molecular complexity index is 537. The third-order valence-electron chi connectivity index (χ3n) is 2.62. The molecule has 6 heteroatoms. The second-order valence-electron chi connectivity index (χ2n) is 4.05. The Kier molecular flexibility index (Phi) is 3.27. The number of hydrazone groups is 1. The number of rotatable bonds is 2. The molecule has 0 saturated carbocycles. The van der Waals surface area contributed by atoms with Gasteiger partial charge in [-0.1, -0.05) is 0 Å². The van der Waals surface area contributed by atoms with Crippen molar-refractivity contribution in [2.45, 2.75) is 19.8 Å². The van der Waals surface area contributed by atoms with Crippen LogP contribution in [0.1, 0.15) is 18.4 Å². The first kappa shape index (κ1) is 12.1. The number of phenolic OH excluding ortho intramolecular Hbond substituents is 1. The van der Waals surface area contributed by atoms with Crippen LogP contribution < -0.4 is 10.7 Å². The molecular weight excluding hydrogens is 234 g/mol. The summed E-state index contributed by atoms with van der Waals surface area (Å²) >= 11 is 0. The van der Waals surface area contributed by atoms with Gasteiger partial charge in [-0.2, -0.15) is 5.10 Å². The molecule has 0 spiro atoms. The molecule has 1 aromatic rings. The van der Waals surface area contributed by atoms with Crippen molar-refractivity contribution in [3.63, 3.8) is 0 Å². The fraction of sp³-hybridized carbons (Fsp3) is 0.250. The van der Waals surface area contributed by atoms with Gasteiger partial charge in [0.15, 0.2) is 0 Å². The molecule has 2 rings (SSSR count). The first-order valence-electron chi connectivity index (χ1n) is 5.52. The molecule has 0 atom stereocenters. The maximum atomic E-state index is 11.9. The molecule has 0 aromatic heterocycles. The van der Waals surface area contributed by atoms with Crippen LogP contribution in [-0.2, 0) is 9.59 Å². The molecule has 1 aliphatic rings. The summed E-state index contributed by atoms with van der Waals surface area (Å²) in [4.78, 5) is 22.8. The largest absolute Gasteiger partial charge is 0.508 e. The second-order valence-corrected chi connectivity index (χ2v) is 4.05. The molecule has 0 saturated heterocycles. The number of aromatic hydroxyl groups is 1. The Morgan fingerprint density at radius 2 is 2.22 bits per heavy atom. The highest BCUT2D eigenvalue weighted by Crippen LogP contribution is 2.20. The van der Waals surface area contributed by atoms with Gasteiger partial charge in [0.2, 0.25) is 5.91 Å². The van der Waals surface area contributed by atoms with E-state index in [0.29, 0.717) is 17.8 Å². The average Bonchev–Trinajstić information content (AvgIpc) is 2.33. The summed E-state index contributed by atoms with van der Waals surface area (Å²) in [5, 5.41) is 15.7. The second kappa shape index (κ2) is 4.87. The molecule has 1 aromatic carbocycles. The number of anilines is 1. The molecule has 18 heavy (non-hydrogen) atoms. The van der Waals surface area contributed by atoms with Crippen molar-refractivity contribution in [2.24, 2.45) is 5.10 Å². The van der Waals surface area contributed by atoms with Gasteiger partial charge in [-0.05, 0) is 30.7 Å². The van der Waals surface area contributed by atoms with E-state index in [4.69, 9.17) is 0 Å². The average molecular weight is 247 g/mol. The summed E-state index contributed by atoms with van der Waals surface area (Å²) in [7, 11) is 0. The molecule has 6 nitrogen and oxygen atoms in total. The summed E-state index contributed by atoms with van der Waals surface area (Å²) < 4.78 is 0. The van der Waals surface area contributed by atoms with Gasteiger partial charge in [0.1, 0.15) is 11.5 Å². The maximum Gasteiger partial charge on any atom is 0.271 e. The van der Waals surface area contributed by atoms with Crippen LogP contribution in [0.5, 0.6) is 5.75 Å². The third-order valence-corrected chi connectivity index (χ3v) is 2.62. The van der Waals surface area contributed by atoms with Crippen molar-refractivity contribution in [2.75, 3.05) is 5.32 Å². The molecule has 0 bridgehead atoms. The van der Waals surface area contributed by atoms with Gasteiger partial charge in [-0.25, -0.2) is 5.43 Å². The van der Waals surface area contributed by atoms with E-state index in [1.165, 1.54) is 6.07 Å². The fourth-order valence-electron chi connectivity index (χ4n) is 1.62. The van der Waals surface area contributed by atoms with Crippen LogP contribution in [0.3, 0.4) is 0 Å². The standard InChI is InChI=1S/C12H13N3O3/c1-7-6-8(16)2-3-9(7)13-12(18)10-4-5-11(17)15-14-10/h2-3,6,16H,4-5H2,1H3,(H,13,18)(H,15,17). The first-order valence-corrected chi connectivity index (χ1v) is 5.52. The molecule has 2 amide bonds. The predicted molar refractivity (Wildman–Crippen MR) is 66.3 cm³/mol. The number of nitrogens with one attached hydrogen (secondary N) is 2. The summed E-state index contributed by atoms with van der Waals surface area (Å²) in [6.45, 7) is 1.78. The highest BCUT2D eigenvalue weighted by Gasteiger charge is 2.18. The lowest BCUT2D eigenvalue weighted by Crippen LogP contribution is -2.32. The van der Waals surface area contributed by atoms with Crippen molar-refractivity contribution in [1.82, 2.24) is 5.43 Å². The van der Waals surface area contributed by atoms with Crippen LogP contribution >= 0.6 is 0 Å². The number of hydrogen-bond acceptors (Lipinski definition) is 4. The van der Waals surface area contributed by atoms with E-state index < -0.39 is 0 Å². The smallest absolute Gasteiger partial charge is 0.271 e. The number of aryl methyl sites for hydroxylation is 1. The highest BCUT2D eigenvalue weighted by molar-refractivity contribution is 6.43. The lowest BCUT2D eigenvalue weighted by Gasteiger charge is -2.13. The van der Waals surface area contributed by atoms with E-state index in [2.05, 4.69) is 15.8 Å². The van der Waals surface area contributed by atoms with Gasteiger partial charge in [0, 0.05) is 18.5 Å². The summed E-state index contributed by atoms with van der Waals surface area (Å²) in [6, 6.07) is 4.66. The first-order chi connectivity index (χ1) is 8.56. The number of hydrogen-bond donors (Lipinski definition) is 3. The Morgan fingerprint density at radius 3 is 2.83 bits per heavy atom.